The standard InChI is InChI=1S/C18H23N3O2/c1-14(8-9-15-6-4-3-5-7-15)21-18(22)20-13-16-10-11-19-17(12-16)23-2/h3-7,10-12,14H,8-9,13H2,1-2H3,(H2,20,21,22)/t14-/m1/s1. The number of rotatable bonds is 7. The fourth-order valence-electron chi connectivity index (χ4n) is 2.23. The van der Waals surface area contributed by atoms with Crippen molar-refractivity contribution in [3.05, 3.63) is 59.8 Å². The van der Waals surface area contributed by atoms with Gasteiger partial charge in [-0.25, -0.2) is 9.78 Å². The van der Waals surface area contributed by atoms with Gasteiger partial charge < -0.3 is 15.4 Å². The van der Waals surface area contributed by atoms with Crippen molar-refractivity contribution in [2.24, 2.45) is 0 Å². The highest BCUT2D eigenvalue weighted by Crippen LogP contribution is 2.08. The number of nitrogens with one attached hydrogen (secondary N) is 2. The van der Waals surface area contributed by atoms with Gasteiger partial charge in [-0.3, -0.25) is 0 Å². The van der Waals surface area contributed by atoms with Crippen molar-refractivity contribution >= 4 is 6.03 Å². The molecule has 5 heteroatoms. The summed E-state index contributed by atoms with van der Waals surface area (Å²) in [6.07, 6.45) is 3.51. The number of urea groups is 1. The molecule has 0 saturated heterocycles. The Kier molecular flexibility index (Phi) is 6.41. The minimum atomic E-state index is -0.165. The number of aryl methyl sites for hydroxylation is 1. The molecule has 2 aromatic rings. The van der Waals surface area contributed by atoms with Gasteiger partial charge in [-0.05, 0) is 37.0 Å². The van der Waals surface area contributed by atoms with Crippen LogP contribution < -0.4 is 15.4 Å². The highest BCUT2D eigenvalue weighted by atomic mass is 16.5. The summed E-state index contributed by atoms with van der Waals surface area (Å²) < 4.78 is 5.06. The van der Waals surface area contributed by atoms with Crippen molar-refractivity contribution in [1.82, 2.24) is 15.6 Å². The van der Waals surface area contributed by atoms with Crippen molar-refractivity contribution in [3.63, 3.8) is 0 Å². The van der Waals surface area contributed by atoms with E-state index in [1.54, 1.807) is 19.4 Å². The molecule has 1 aromatic heterocycles. The largest absolute Gasteiger partial charge is 0.481 e. The maximum absolute atomic E-state index is 11.9. The zero-order chi connectivity index (χ0) is 16.5. The van der Waals surface area contributed by atoms with E-state index in [1.165, 1.54) is 5.56 Å². The lowest BCUT2D eigenvalue weighted by molar-refractivity contribution is 0.236. The van der Waals surface area contributed by atoms with E-state index in [9.17, 15) is 4.79 Å². The Morgan fingerprint density at radius 3 is 2.74 bits per heavy atom. The van der Waals surface area contributed by atoms with E-state index in [0.29, 0.717) is 12.4 Å². The van der Waals surface area contributed by atoms with E-state index >= 15 is 0 Å². The molecule has 0 unspecified atom stereocenters. The van der Waals surface area contributed by atoms with Gasteiger partial charge in [0.1, 0.15) is 0 Å². The predicted molar refractivity (Wildman–Crippen MR) is 90.4 cm³/mol. The number of nitrogens with zero attached hydrogens (tertiary/aromatic N) is 1. The monoisotopic (exact) mass is 313 g/mol. The van der Waals surface area contributed by atoms with Gasteiger partial charge in [0.15, 0.2) is 0 Å². The number of hydrogen-bond donors (Lipinski definition) is 2. The maximum Gasteiger partial charge on any atom is 0.315 e. The van der Waals surface area contributed by atoms with E-state index in [1.807, 2.05) is 31.2 Å². The molecule has 1 aromatic carbocycles. The number of methoxy groups -OCH3 is 1. The van der Waals surface area contributed by atoms with Crippen molar-refractivity contribution in [3.8, 4) is 5.88 Å². The number of benzene rings is 1. The van der Waals surface area contributed by atoms with Crippen LogP contribution in [-0.2, 0) is 13.0 Å². The number of ether oxygens (including phenoxy) is 1. The SMILES string of the molecule is COc1cc(CNC(=O)N[C@H](C)CCc2ccccc2)ccn1. The van der Waals surface area contributed by atoms with Crippen LogP contribution in [-0.4, -0.2) is 24.2 Å². The molecule has 0 spiro atoms. The summed E-state index contributed by atoms with van der Waals surface area (Å²) in [6.45, 7) is 2.45. The quantitative estimate of drug-likeness (QED) is 0.826. The molecular weight excluding hydrogens is 290 g/mol. The predicted octanol–water partition coefficient (Wildman–Crippen LogP) is 2.91. The molecular formula is C18H23N3O2. The van der Waals surface area contributed by atoms with Gasteiger partial charge in [-0.15, -0.1) is 0 Å². The molecule has 23 heavy (non-hydrogen) atoms. The van der Waals surface area contributed by atoms with Crippen LogP contribution >= 0.6 is 0 Å². The second-order valence-electron chi connectivity index (χ2n) is 5.46. The van der Waals surface area contributed by atoms with Crippen LogP contribution in [0, 0.1) is 0 Å². The summed E-state index contributed by atoms with van der Waals surface area (Å²) in [5.74, 6) is 0.543. The van der Waals surface area contributed by atoms with E-state index in [-0.39, 0.29) is 12.1 Å². The molecule has 1 atom stereocenters. The summed E-state index contributed by atoms with van der Waals surface area (Å²) in [5.41, 5.74) is 2.23. The minimum Gasteiger partial charge on any atom is -0.481 e. The number of aromatic nitrogens is 1. The Morgan fingerprint density at radius 1 is 1.22 bits per heavy atom. The van der Waals surface area contributed by atoms with Crippen LogP contribution in [0.1, 0.15) is 24.5 Å². The molecule has 2 rings (SSSR count). The van der Waals surface area contributed by atoms with E-state index in [2.05, 4.69) is 27.8 Å². The lowest BCUT2D eigenvalue weighted by Gasteiger charge is -2.15. The van der Waals surface area contributed by atoms with Gasteiger partial charge in [0.2, 0.25) is 5.88 Å². The van der Waals surface area contributed by atoms with E-state index in [0.717, 1.165) is 18.4 Å². The fraction of sp³-hybridized carbons (Fsp3) is 0.333. The van der Waals surface area contributed by atoms with Gasteiger partial charge in [-0.1, -0.05) is 30.3 Å². The smallest absolute Gasteiger partial charge is 0.315 e. The highest BCUT2D eigenvalue weighted by molar-refractivity contribution is 5.74. The summed E-state index contributed by atoms with van der Waals surface area (Å²) >= 11 is 0. The molecule has 0 bridgehead atoms. The molecule has 5 nitrogen and oxygen atoms in total. The molecule has 0 saturated carbocycles. The number of amides is 2. The zero-order valence-corrected chi connectivity index (χ0v) is 13.6. The lowest BCUT2D eigenvalue weighted by Crippen LogP contribution is -2.40. The molecule has 0 radical (unpaired) electrons. The lowest BCUT2D eigenvalue weighted by atomic mass is 10.1. The van der Waals surface area contributed by atoms with Crippen molar-refractivity contribution in [2.45, 2.75) is 32.4 Å². The third-order valence-electron chi connectivity index (χ3n) is 3.55. The first kappa shape index (κ1) is 16.8. The van der Waals surface area contributed by atoms with Crippen molar-refractivity contribution in [2.75, 3.05) is 7.11 Å². The average molecular weight is 313 g/mol. The number of carbonyl (C=O) groups excluding carboxylic acids is 1. The molecule has 0 aliphatic carbocycles. The molecule has 0 aliphatic heterocycles. The Hall–Kier alpha value is -2.56. The molecule has 2 N–H and O–H groups in total. The Morgan fingerprint density at radius 2 is 2.00 bits per heavy atom. The van der Waals surface area contributed by atoms with Crippen LogP contribution in [0.5, 0.6) is 5.88 Å². The van der Waals surface area contributed by atoms with Gasteiger partial charge in [-0.2, -0.15) is 0 Å². The molecule has 1 heterocycles. The van der Waals surface area contributed by atoms with Crippen LogP contribution in [0.25, 0.3) is 0 Å². The van der Waals surface area contributed by atoms with Crippen molar-refractivity contribution < 1.29 is 9.53 Å². The molecule has 122 valence electrons. The van der Waals surface area contributed by atoms with E-state index < -0.39 is 0 Å². The van der Waals surface area contributed by atoms with Crippen LogP contribution in [0.3, 0.4) is 0 Å². The van der Waals surface area contributed by atoms with Crippen LogP contribution in [0.15, 0.2) is 48.7 Å². The van der Waals surface area contributed by atoms with Gasteiger partial charge in [0, 0.05) is 24.8 Å². The normalized spacial score (nSPS) is 11.6. The molecule has 2 amide bonds. The third kappa shape index (κ3) is 5.98. The van der Waals surface area contributed by atoms with E-state index in [4.69, 9.17) is 4.74 Å². The van der Waals surface area contributed by atoms with Gasteiger partial charge in [0.25, 0.3) is 0 Å². The van der Waals surface area contributed by atoms with Gasteiger partial charge >= 0.3 is 6.03 Å². The fourth-order valence-corrected chi connectivity index (χ4v) is 2.23. The summed E-state index contributed by atoms with van der Waals surface area (Å²) in [6, 6.07) is 13.9. The third-order valence-corrected chi connectivity index (χ3v) is 3.55. The van der Waals surface area contributed by atoms with Crippen LogP contribution in [0.4, 0.5) is 4.79 Å². The minimum absolute atomic E-state index is 0.113. The first-order valence-corrected chi connectivity index (χ1v) is 7.74. The Balaban J connectivity index is 1.71. The first-order valence-electron chi connectivity index (χ1n) is 7.74. The second-order valence-corrected chi connectivity index (χ2v) is 5.46. The summed E-state index contributed by atoms with van der Waals surface area (Å²) in [4.78, 5) is 16.0. The topological polar surface area (TPSA) is 63.2 Å². The summed E-state index contributed by atoms with van der Waals surface area (Å²) in [5, 5.41) is 5.80. The highest BCUT2D eigenvalue weighted by Gasteiger charge is 2.07. The molecule has 0 aliphatic rings. The van der Waals surface area contributed by atoms with Crippen LogP contribution in [0.2, 0.25) is 0 Å². The zero-order valence-electron chi connectivity index (χ0n) is 13.6. The van der Waals surface area contributed by atoms with Crippen molar-refractivity contribution in [1.29, 1.82) is 0 Å². The number of hydrogen-bond acceptors (Lipinski definition) is 3. The first-order chi connectivity index (χ1) is 11.2. The second kappa shape index (κ2) is 8.78. The van der Waals surface area contributed by atoms with Gasteiger partial charge in [0.05, 0.1) is 7.11 Å². The summed E-state index contributed by atoms with van der Waals surface area (Å²) in [7, 11) is 1.57. The number of carbonyl (C=O) groups is 1. The maximum atomic E-state index is 11.9. The molecule has 0 fully saturated rings. The Labute approximate surface area is 137 Å². The Bertz CT molecular complexity index is 617. The number of pyridine rings is 1. The average Bonchev–Trinajstić information content (AvgIpc) is 2.59.